The smallest absolute Gasteiger partial charge is 0.287 e. The van der Waals surface area contributed by atoms with Crippen molar-refractivity contribution in [3.8, 4) is 0 Å². The van der Waals surface area contributed by atoms with Gasteiger partial charge >= 0.3 is 0 Å². The SMILES string of the molecule is CC1CCC(NC(=O)c2ccco2)C1. The molecule has 0 radical (unpaired) electrons. The fraction of sp³-hybridized carbons (Fsp3) is 0.545. The maximum absolute atomic E-state index is 11.6. The topological polar surface area (TPSA) is 42.2 Å². The Morgan fingerprint density at radius 2 is 2.43 bits per heavy atom. The zero-order chi connectivity index (χ0) is 9.97. The van der Waals surface area contributed by atoms with Crippen LogP contribution in [0.15, 0.2) is 22.8 Å². The summed E-state index contributed by atoms with van der Waals surface area (Å²) in [6.07, 6.45) is 4.91. The van der Waals surface area contributed by atoms with Gasteiger partial charge in [0.1, 0.15) is 0 Å². The van der Waals surface area contributed by atoms with Crippen LogP contribution in [-0.4, -0.2) is 11.9 Å². The molecule has 0 bridgehead atoms. The first-order valence-electron chi connectivity index (χ1n) is 5.10. The van der Waals surface area contributed by atoms with Gasteiger partial charge in [0.2, 0.25) is 0 Å². The van der Waals surface area contributed by atoms with Gasteiger partial charge in [0.25, 0.3) is 5.91 Å². The number of amides is 1. The first kappa shape index (κ1) is 9.31. The molecular formula is C11H15NO2. The molecule has 0 spiro atoms. The molecule has 2 unspecified atom stereocenters. The molecule has 1 fully saturated rings. The number of carbonyl (C=O) groups is 1. The molecule has 1 saturated carbocycles. The van der Waals surface area contributed by atoms with Gasteiger partial charge in [-0.15, -0.1) is 0 Å². The third kappa shape index (κ3) is 1.97. The van der Waals surface area contributed by atoms with Crippen LogP contribution < -0.4 is 5.32 Å². The third-order valence-electron chi connectivity index (χ3n) is 2.78. The Kier molecular flexibility index (Phi) is 2.57. The first-order chi connectivity index (χ1) is 6.75. The summed E-state index contributed by atoms with van der Waals surface area (Å²) < 4.78 is 5.02. The van der Waals surface area contributed by atoms with E-state index in [0.717, 1.165) is 18.8 Å². The van der Waals surface area contributed by atoms with Crippen LogP contribution in [0.25, 0.3) is 0 Å². The molecule has 0 aliphatic heterocycles. The van der Waals surface area contributed by atoms with Crippen LogP contribution in [0.4, 0.5) is 0 Å². The second-order valence-corrected chi connectivity index (χ2v) is 4.07. The summed E-state index contributed by atoms with van der Waals surface area (Å²) in [6.45, 7) is 2.22. The molecule has 2 rings (SSSR count). The number of nitrogens with one attached hydrogen (secondary N) is 1. The molecule has 1 aromatic rings. The van der Waals surface area contributed by atoms with Crippen molar-refractivity contribution in [2.24, 2.45) is 5.92 Å². The maximum atomic E-state index is 11.6. The van der Waals surface area contributed by atoms with Gasteiger partial charge in [0, 0.05) is 6.04 Å². The van der Waals surface area contributed by atoms with Crippen molar-refractivity contribution in [3.05, 3.63) is 24.2 Å². The molecule has 0 aromatic carbocycles. The number of furan rings is 1. The highest BCUT2D eigenvalue weighted by molar-refractivity contribution is 5.91. The number of carbonyl (C=O) groups excluding carboxylic acids is 1. The second-order valence-electron chi connectivity index (χ2n) is 4.07. The lowest BCUT2D eigenvalue weighted by Crippen LogP contribution is -2.32. The monoisotopic (exact) mass is 193 g/mol. The van der Waals surface area contributed by atoms with E-state index in [0.29, 0.717) is 11.8 Å². The normalized spacial score (nSPS) is 26.4. The van der Waals surface area contributed by atoms with E-state index in [-0.39, 0.29) is 5.91 Å². The standard InChI is InChI=1S/C11H15NO2/c1-8-4-5-9(7-8)12-11(13)10-3-2-6-14-10/h2-3,6,8-9H,4-5,7H2,1H3,(H,12,13). The molecule has 76 valence electrons. The highest BCUT2D eigenvalue weighted by Gasteiger charge is 2.23. The molecule has 1 N–H and O–H groups in total. The van der Waals surface area contributed by atoms with Crippen LogP contribution in [0.3, 0.4) is 0 Å². The van der Waals surface area contributed by atoms with Crippen molar-refractivity contribution in [1.82, 2.24) is 5.32 Å². The Morgan fingerprint density at radius 3 is 3.00 bits per heavy atom. The number of hydrogen-bond acceptors (Lipinski definition) is 2. The minimum atomic E-state index is -0.0888. The Bertz CT molecular complexity index is 305. The van der Waals surface area contributed by atoms with Crippen molar-refractivity contribution in [2.75, 3.05) is 0 Å². The largest absolute Gasteiger partial charge is 0.459 e. The average Bonchev–Trinajstić information content (AvgIpc) is 2.75. The second kappa shape index (κ2) is 3.86. The lowest BCUT2D eigenvalue weighted by molar-refractivity contribution is 0.0909. The van der Waals surface area contributed by atoms with E-state index in [4.69, 9.17) is 4.42 Å². The van der Waals surface area contributed by atoms with Crippen molar-refractivity contribution in [3.63, 3.8) is 0 Å². The fourth-order valence-corrected chi connectivity index (χ4v) is 2.00. The molecule has 2 atom stereocenters. The Labute approximate surface area is 83.5 Å². The van der Waals surface area contributed by atoms with Crippen LogP contribution in [-0.2, 0) is 0 Å². The molecule has 1 amide bonds. The summed E-state index contributed by atoms with van der Waals surface area (Å²) in [5.74, 6) is 1.05. The average molecular weight is 193 g/mol. The summed E-state index contributed by atoms with van der Waals surface area (Å²) in [4.78, 5) is 11.6. The van der Waals surface area contributed by atoms with E-state index in [9.17, 15) is 4.79 Å². The molecule has 1 aliphatic rings. The van der Waals surface area contributed by atoms with Gasteiger partial charge in [0.15, 0.2) is 5.76 Å². The van der Waals surface area contributed by atoms with E-state index in [1.807, 2.05) is 0 Å². The summed E-state index contributed by atoms with van der Waals surface area (Å²) in [7, 11) is 0. The molecular weight excluding hydrogens is 178 g/mol. The first-order valence-corrected chi connectivity index (χ1v) is 5.10. The Hall–Kier alpha value is -1.25. The van der Waals surface area contributed by atoms with Crippen molar-refractivity contribution in [1.29, 1.82) is 0 Å². The predicted molar refractivity (Wildman–Crippen MR) is 53.0 cm³/mol. The molecule has 1 heterocycles. The minimum absolute atomic E-state index is 0.0888. The number of rotatable bonds is 2. The van der Waals surface area contributed by atoms with Gasteiger partial charge in [-0.05, 0) is 37.3 Å². The molecule has 0 saturated heterocycles. The van der Waals surface area contributed by atoms with Crippen LogP contribution in [0, 0.1) is 5.92 Å². The predicted octanol–water partition coefficient (Wildman–Crippen LogP) is 2.20. The number of hydrogen-bond donors (Lipinski definition) is 1. The van der Waals surface area contributed by atoms with Crippen molar-refractivity contribution in [2.45, 2.75) is 32.2 Å². The Morgan fingerprint density at radius 1 is 1.57 bits per heavy atom. The van der Waals surface area contributed by atoms with Crippen LogP contribution in [0.1, 0.15) is 36.7 Å². The highest BCUT2D eigenvalue weighted by Crippen LogP contribution is 2.24. The quantitative estimate of drug-likeness (QED) is 0.782. The van der Waals surface area contributed by atoms with Crippen LogP contribution in [0.5, 0.6) is 0 Å². The van der Waals surface area contributed by atoms with Crippen LogP contribution >= 0.6 is 0 Å². The van der Waals surface area contributed by atoms with E-state index < -0.39 is 0 Å². The van der Waals surface area contributed by atoms with Crippen LogP contribution in [0.2, 0.25) is 0 Å². The van der Waals surface area contributed by atoms with Crippen molar-refractivity contribution >= 4 is 5.91 Å². The van der Waals surface area contributed by atoms with Gasteiger partial charge in [-0.2, -0.15) is 0 Å². The lowest BCUT2D eigenvalue weighted by Gasteiger charge is -2.10. The van der Waals surface area contributed by atoms with Crippen molar-refractivity contribution < 1.29 is 9.21 Å². The molecule has 3 heteroatoms. The van der Waals surface area contributed by atoms with Gasteiger partial charge in [-0.1, -0.05) is 6.92 Å². The van der Waals surface area contributed by atoms with Gasteiger partial charge in [0.05, 0.1) is 6.26 Å². The van der Waals surface area contributed by atoms with Gasteiger partial charge < -0.3 is 9.73 Å². The zero-order valence-electron chi connectivity index (χ0n) is 8.32. The van der Waals surface area contributed by atoms with E-state index in [1.54, 1.807) is 12.1 Å². The summed E-state index contributed by atoms with van der Waals surface area (Å²) in [5, 5.41) is 2.98. The third-order valence-corrected chi connectivity index (χ3v) is 2.78. The Balaban J connectivity index is 1.89. The molecule has 14 heavy (non-hydrogen) atoms. The van der Waals surface area contributed by atoms with Gasteiger partial charge in [-0.3, -0.25) is 4.79 Å². The summed E-state index contributed by atoms with van der Waals surface area (Å²) >= 11 is 0. The maximum Gasteiger partial charge on any atom is 0.287 e. The summed E-state index contributed by atoms with van der Waals surface area (Å²) in [6, 6.07) is 3.75. The van der Waals surface area contributed by atoms with E-state index >= 15 is 0 Å². The highest BCUT2D eigenvalue weighted by atomic mass is 16.3. The van der Waals surface area contributed by atoms with Gasteiger partial charge in [-0.25, -0.2) is 0 Å². The molecule has 1 aliphatic carbocycles. The minimum Gasteiger partial charge on any atom is -0.459 e. The molecule has 1 aromatic heterocycles. The lowest BCUT2D eigenvalue weighted by atomic mass is 10.1. The van der Waals surface area contributed by atoms with E-state index in [2.05, 4.69) is 12.2 Å². The fourth-order valence-electron chi connectivity index (χ4n) is 2.00. The van der Waals surface area contributed by atoms with E-state index in [1.165, 1.54) is 12.7 Å². The summed E-state index contributed by atoms with van der Waals surface area (Å²) in [5.41, 5.74) is 0. The molecule has 3 nitrogen and oxygen atoms in total. The zero-order valence-corrected chi connectivity index (χ0v) is 8.32.